The average molecular weight is 230 g/mol. The number of nitriles is 1. The molecule has 0 saturated carbocycles. The summed E-state index contributed by atoms with van der Waals surface area (Å²) < 4.78 is 5.72. The molecule has 0 aliphatic carbocycles. The molecule has 17 heavy (non-hydrogen) atoms. The Morgan fingerprint density at radius 3 is 2.94 bits per heavy atom. The van der Waals surface area contributed by atoms with Gasteiger partial charge in [0.25, 0.3) is 0 Å². The van der Waals surface area contributed by atoms with Crippen molar-refractivity contribution in [3.63, 3.8) is 0 Å². The molecular formula is C14H18N2O. The molecule has 1 aliphatic heterocycles. The van der Waals surface area contributed by atoms with Gasteiger partial charge in [0, 0.05) is 6.54 Å². The van der Waals surface area contributed by atoms with Gasteiger partial charge in [0.15, 0.2) is 0 Å². The molecule has 3 nitrogen and oxygen atoms in total. The standard InChI is InChI=1S/C14H18N2O/c15-7-9-16-8-6-14(10-16)12-17-11-13-4-2-1-3-5-13/h1-5,14H,6,8-12H2. The topological polar surface area (TPSA) is 36.3 Å². The number of hydrogen-bond donors (Lipinski definition) is 0. The normalized spacial score (nSPS) is 20.3. The van der Waals surface area contributed by atoms with E-state index < -0.39 is 0 Å². The highest BCUT2D eigenvalue weighted by atomic mass is 16.5. The van der Waals surface area contributed by atoms with Crippen molar-refractivity contribution in [2.45, 2.75) is 13.0 Å². The molecule has 1 aromatic carbocycles. The van der Waals surface area contributed by atoms with Gasteiger partial charge in [-0.05, 0) is 24.4 Å². The van der Waals surface area contributed by atoms with Crippen molar-refractivity contribution in [2.24, 2.45) is 5.92 Å². The third-order valence-electron chi connectivity index (χ3n) is 3.13. The Balaban J connectivity index is 1.65. The molecule has 0 spiro atoms. The number of nitrogens with zero attached hydrogens (tertiary/aromatic N) is 2. The third kappa shape index (κ3) is 3.85. The number of likely N-dealkylation sites (tertiary alicyclic amines) is 1. The van der Waals surface area contributed by atoms with Crippen molar-refractivity contribution in [3.05, 3.63) is 35.9 Å². The molecule has 90 valence electrons. The summed E-state index contributed by atoms with van der Waals surface area (Å²) in [5.41, 5.74) is 1.22. The van der Waals surface area contributed by atoms with E-state index in [2.05, 4.69) is 23.1 Å². The fourth-order valence-corrected chi connectivity index (χ4v) is 2.21. The molecular weight excluding hydrogens is 212 g/mol. The summed E-state index contributed by atoms with van der Waals surface area (Å²) in [6.45, 7) is 4.08. The summed E-state index contributed by atoms with van der Waals surface area (Å²) in [6.07, 6.45) is 1.15. The van der Waals surface area contributed by atoms with E-state index in [0.29, 0.717) is 19.1 Å². The minimum Gasteiger partial charge on any atom is -0.376 e. The summed E-state index contributed by atoms with van der Waals surface area (Å²) in [7, 11) is 0. The molecule has 1 heterocycles. The van der Waals surface area contributed by atoms with E-state index in [1.54, 1.807) is 0 Å². The maximum Gasteiger partial charge on any atom is 0.0866 e. The second kappa shape index (κ2) is 6.39. The Morgan fingerprint density at radius 1 is 1.35 bits per heavy atom. The quantitative estimate of drug-likeness (QED) is 0.726. The molecule has 1 aliphatic rings. The second-order valence-corrected chi connectivity index (χ2v) is 4.55. The van der Waals surface area contributed by atoms with Crippen molar-refractivity contribution in [1.82, 2.24) is 4.90 Å². The van der Waals surface area contributed by atoms with Crippen LogP contribution in [0, 0.1) is 17.2 Å². The van der Waals surface area contributed by atoms with Crippen molar-refractivity contribution in [2.75, 3.05) is 26.2 Å². The molecule has 0 N–H and O–H groups in total. The van der Waals surface area contributed by atoms with Crippen LogP contribution in [-0.2, 0) is 11.3 Å². The molecule has 0 radical (unpaired) electrons. The van der Waals surface area contributed by atoms with Crippen LogP contribution in [0.1, 0.15) is 12.0 Å². The third-order valence-corrected chi connectivity index (χ3v) is 3.13. The van der Waals surface area contributed by atoms with E-state index in [4.69, 9.17) is 10.00 Å². The van der Waals surface area contributed by atoms with Crippen LogP contribution >= 0.6 is 0 Å². The van der Waals surface area contributed by atoms with Crippen molar-refractivity contribution < 1.29 is 4.74 Å². The van der Waals surface area contributed by atoms with Crippen LogP contribution in [0.15, 0.2) is 30.3 Å². The van der Waals surface area contributed by atoms with Gasteiger partial charge in [0.2, 0.25) is 0 Å². The average Bonchev–Trinajstić information content (AvgIpc) is 2.79. The molecule has 0 bridgehead atoms. The van der Waals surface area contributed by atoms with E-state index in [-0.39, 0.29) is 0 Å². The summed E-state index contributed by atoms with van der Waals surface area (Å²) >= 11 is 0. The van der Waals surface area contributed by atoms with E-state index in [9.17, 15) is 0 Å². The Kier molecular flexibility index (Phi) is 4.54. The fourth-order valence-electron chi connectivity index (χ4n) is 2.21. The minimum absolute atomic E-state index is 0.551. The van der Waals surface area contributed by atoms with E-state index in [1.807, 2.05) is 18.2 Å². The van der Waals surface area contributed by atoms with Gasteiger partial charge in [0.1, 0.15) is 0 Å². The first kappa shape index (κ1) is 12.1. The lowest BCUT2D eigenvalue weighted by molar-refractivity contribution is 0.0893. The maximum atomic E-state index is 8.61. The summed E-state index contributed by atoms with van der Waals surface area (Å²) in [5.74, 6) is 0.590. The molecule has 1 aromatic rings. The molecule has 1 unspecified atom stereocenters. The van der Waals surface area contributed by atoms with Gasteiger partial charge in [-0.2, -0.15) is 5.26 Å². The predicted octanol–water partition coefficient (Wildman–Crippen LogP) is 2.05. The lowest BCUT2D eigenvalue weighted by atomic mass is 10.1. The van der Waals surface area contributed by atoms with Gasteiger partial charge in [-0.3, -0.25) is 4.90 Å². The minimum atomic E-state index is 0.551. The zero-order chi connectivity index (χ0) is 11.9. The summed E-state index contributed by atoms with van der Waals surface area (Å²) in [6, 6.07) is 12.4. The zero-order valence-corrected chi connectivity index (χ0v) is 10.0. The van der Waals surface area contributed by atoms with Gasteiger partial charge in [-0.25, -0.2) is 0 Å². The van der Waals surface area contributed by atoms with Gasteiger partial charge in [-0.1, -0.05) is 30.3 Å². The zero-order valence-electron chi connectivity index (χ0n) is 10.0. The molecule has 2 rings (SSSR count). The highest BCUT2D eigenvalue weighted by Gasteiger charge is 2.21. The Hall–Kier alpha value is -1.37. The molecule has 1 saturated heterocycles. The molecule has 3 heteroatoms. The van der Waals surface area contributed by atoms with Crippen molar-refractivity contribution in [1.29, 1.82) is 5.26 Å². The maximum absolute atomic E-state index is 8.61. The summed E-state index contributed by atoms with van der Waals surface area (Å²) in [4.78, 5) is 2.19. The molecule has 1 atom stereocenters. The van der Waals surface area contributed by atoms with Crippen LogP contribution in [0.25, 0.3) is 0 Å². The van der Waals surface area contributed by atoms with E-state index >= 15 is 0 Å². The lowest BCUT2D eigenvalue weighted by Gasteiger charge is -2.12. The first-order valence-corrected chi connectivity index (χ1v) is 6.09. The van der Waals surface area contributed by atoms with Gasteiger partial charge in [-0.15, -0.1) is 0 Å². The first-order chi connectivity index (χ1) is 8.38. The highest BCUT2D eigenvalue weighted by molar-refractivity contribution is 5.13. The Labute approximate surface area is 103 Å². The van der Waals surface area contributed by atoms with Crippen LogP contribution in [0.3, 0.4) is 0 Å². The number of rotatable bonds is 5. The van der Waals surface area contributed by atoms with Gasteiger partial charge >= 0.3 is 0 Å². The van der Waals surface area contributed by atoms with Gasteiger partial charge in [0.05, 0.1) is 25.8 Å². The fraction of sp³-hybridized carbons (Fsp3) is 0.500. The Bertz CT molecular complexity index is 372. The number of ether oxygens (including phenoxy) is 1. The second-order valence-electron chi connectivity index (χ2n) is 4.55. The van der Waals surface area contributed by atoms with Crippen LogP contribution in [0.5, 0.6) is 0 Å². The van der Waals surface area contributed by atoms with E-state index in [1.165, 1.54) is 5.56 Å². The van der Waals surface area contributed by atoms with E-state index in [0.717, 1.165) is 26.1 Å². The SMILES string of the molecule is N#CCN1CCC(COCc2ccccc2)C1. The van der Waals surface area contributed by atoms with Crippen LogP contribution in [0.4, 0.5) is 0 Å². The highest BCUT2D eigenvalue weighted by Crippen LogP contribution is 2.16. The van der Waals surface area contributed by atoms with Crippen molar-refractivity contribution >= 4 is 0 Å². The lowest BCUT2D eigenvalue weighted by Crippen LogP contribution is -2.22. The molecule has 0 aromatic heterocycles. The smallest absolute Gasteiger partial charge is 0.0866 e. The monoisotopic (exact) mass is 230 g/mol. The summed E-state index contributed by atoms with van der Waals surface area (Å²) in [5, 5.41) is 8.61. The largest absolute Gasteiger partial charge is 0.376 e. The first-order valence-electron chi connectivity index (χ1n) is 6.09. The molecule has 1 fully saturated rings. The Morgan fingerprint density at radius 2 is 2.18 bits per heavy atom. The number of benzene rings is 1. The van der Waals surface area contributed by atoms with Gasteiger partial charge < -0.3 is 4.74 Å². The number of hydrogen-bond acceptors (Lipinski definition) is 3. The van der Waals surface area contributed by atoms with Crippen molar-refractivity contribution in [3.8, 4) is 6.07 Å². The van der Waals surface area contributed by atoms with Crippen LogP contribution < -0.4 is 0 Å². The molecule has 0 amide bonds. The predicted molar refractivity (Wildman–Crippen MR) is 66.3 cm³/mol. The van der Waals surface area contributed by atoms with Crippen LogP contribution in [0.2, 0.25) is 0 Å². The van der Waals surface area contributed by atoms with Crippen LogP contribution in [-0.4, -0.2) is 31.1 Å².